The van der Waals surface area contributed by atoms with Gasteiger partial charge in [-0.3, -0.25) is 9.48 Å². The van der Waals surface area contributed by atoms with E-state index in [4.69, 9.17) is 0 Å². The van der Waals surface area contributed by atoms with Gasteiger partial charge in [-0.2, -0.15) is 10.4 Å². The van der Waals surface area contributed by atoms with E-state index < -0.39 is 11.8 Å². The zero-order chi connectivity index (χ0) is 15.4. The van der Waals surface area contributed by atoms with Crippen LogP contribution < -0.4 is 5.32 Å². The molecule has 0 spiro atoms. The van der Waals surface area contributed by atoms with Gasteiger partial charge in [0.2, 0.25) is 5.91 Å². The first-order chi connectivity index (χ1) is 10.0. The molecule has 0 saturated heterocycles. The van der Waals surface area contributed by atoms with Gasteiger partial charge in [0.25, 0.3) is 0 Å². The first kappa shape index (κ1) is 14.6. The fraction of sp³-hybridized carbons (Fsp3) is 0.267. The number of phenolic OH excluding ortho intramolecular Hbond substituents is 1. The Labute approximate surface area is 122 Å². The quantitative estimate of drug-likeness (QED) is 0.895. The van der Waals surface area contributed by atoms with Gasteiger partial charge in [0.15, 0.2) is 0 Å². The van der Waals surface area contributed by atoms with Gasteiger partial charge in [0.05, 0.1) is 12.3 Å². The number of aryl methyl sites for hydroxylation is 1. The van der Waals surface area contributed by atoms with Crippen LogP contribution in [-0.2, 0) is 18.3 Å². The van der Waals surface area contributed by atoms with Crippen LogP contribution in [0.2, 0.25) is 0 Å². The summed E-state index contributed by atoms with van der Waals surface area (Å²) in [6.07, 6.45) is 1.97. The predicted molar refractivity (Wildman–Crippen MR) is 77.5 cm³/mol. The fourth-order valence-electron chi connectivity index (χ4n) is 1.97. The molecule has 0 aliphatic carbocycles. The van der Waals surface area contributed by atoms with E-state index in [9.17, 15) is 15.2 Å². The highest BCUT2D eigenvalue weighted by molar-refractivity contribution is 5.94. The van der Waals surface area contributed by atoms with E-state index in [1.165, 1.54) is 12.1 Å². The molecule has 0 aliphatic rings. The smallest absolute Gasteiger partial charge is 0.242 e. The van der Waals surface area contributed by atoms with Crippen LogP contribution in [0.3, 0.4) is 0 Å². The highest BCUT2D eigenvalue weighted by Gasteiger charge is 2.20. The summed E-state index contributed by atoms with van der Waals surface area (Å²) in [5, 5.41) is 25.3. The van der Waals surface area contributed by atoms with Crippen LogP contribution in [0.4, 0.5) is 5.69 Å². The third-order valence-electron chi connectivity index (χ3n) is 3.35. The summed E-state index contributed by atoms with van der Waals surface area (Å²) in [6.45, 7) is 1.89. The Morgan fingerprint density at radius 3 is 2.90 bits per heavy atom. The predicted octanol–water partition coefficient (Wildman–Crippen LogP) is 1.76. The molecule has 0 fully saturated rings. The van der Waals surface area contributed by atoms with E-state index >= 15 is 0 Å². The number of carbonyl (C=O) groups excluding carboxylic acids is 1. The number of benzene rings is 1. The number of anilines is 1. The Hall–Kier alpha value is -2.81. The second kappa shape index (κ2) is 6.09. The minimum Gasteiger partial charge on any atom is -0.508 e. The summed E-state index contributed by atoms with van der Waals surface area (Å²) >= 11 is 0. The van der Waals surface area contributed by atoms with Crippen molar-refractivity contribution < 1.29 is 9.90 Å². The number of hydrogen-bond donors (Lipinski definition) is 2. The topological polar surface area (TPSA) is 90.9 Å². The molecule has 108 valence electrons. The maximum absolute atomic E-state index is 12.1. The van der Waals surface area contributed by atoms with Gasteiger partial charge in [-0.25, -0.2) is 0 Å². The third kappa shape index (κ3) is 3.39. The molecule has 1 amide bonds. The average Bonchev–Trinajstić information content (AvgIpc) is 2.76. The van der Waals surface area contributed by atoms with Crippen LogP contribution in [0.1, 0.15) is 11.3 Å². The number of carbonyl (C=O) groups is 1. The van der Waals surface area contributed by atoms with Crippen LogP contribution in [-0.4, -0.2) is 20.8 Å². The molecule has 1 aromatic carbocycles. The van der Waals surface area contributed by atoms with Gasteiger partial charge in [-0.05, 0) is 24.6 Å². The van der Waals surface area contributed by atoms with Crippen molar-refractivity contribution in [3.05, 3.63) is 41.7 Å². The molecule has 1 aromatic heterocycles. The maximum Gasteiger partial charge on any atom is 0.242 e. The van der Waals surface area contributed by atoms with Gasteiger partial charge >= 0.3 is 0 Å². The molecule has 6 nitrogen and oxygen atoms in total. The van der Waals surface area contributed by atoms with Crippen molar-refractivity contribution in [2.75, 3.05) is 5.32 Å². The molecule has 21 heavy (non-hydrogen) atoms. The molecule has 2 aromatic rings. The molecule has 2 rings (SSSR count). The van der Waals surface area contributed by atoms with Gasteiger partial charge in [-0.1, -0.05) is 6.07 Å². The van der Waals surface area contributed by atoms with Crippen LogP contribution in [0.25, 0.3) is 0 Å². The number of aromatic hydroxyl groups is 1. The van der Waals surface area contributed by atoms with Crippen molar-refractivity contribution in [2.24, 2.45) is 13.0 Å². The average molecular weight is 284 g/mol. The minimum atomic E-state index is -0.810. The standard InChI is InChI=1S/C15H16N4O2/c1-10-12(9-17-19(10)2)6-11(8-16)15(21)18-13-4-3-5-14(20)7-13/h3-5,7,9,11,20H,6H2,1-2H3,(H,18,21)/t11-/m1/s1. The number of phenols is 1. The van der Waals surface area contributed by atoms with Gasteiger partial charge < -0.3 is 10.4 Å². The van der Waals surface area contributed by atoms with Gasteiger partial charge in [0.1, 0.15) is 11.7 Å². The number of nitrogens with one attached hydrogen (secondary N) is 1. The van der Waals surface area contributed by atoms with Crippen molar-refractivity contribution in [3.8, 4) is 11.8 Å². The lowest BCUT2D eigenvalue weighted by atomic mass is 10.0. The van der Waals surface area contributed by atoms with E-state index in [0.717, 1.165) is 11.3 Å². The summed E-state index contributed by atoms with van der Waals surface area (Å²) in [5.41, 5.74) is 2.26. The summed E-state index contributed by atoms with van der Waals surface area (Å²) < 4.78 is 1.71. The number of aromatic nitrogens is 2. The number of nitrogens with zero attached hydrogens (tertiary/aromatic N) is 3. The van der Waals surface area contributed by atoms with Crippen molar-refractivity contribution >= 4 is 11.6 Å². The Morgan fingerprint density at radius 1 is 1.57 bits per heavy atom. The van der Waals surface area contributed by atoms with Crippen LogP contribution >= 0.6 is 0 Å². The number of hydrogen-bond acceptors (Lipinski definition) is 4. The number of nitriles is 1. The Balaban J connectivity index is 2.09. The SMILES string of the molecule is Cc1c(C[C@H](C#N)C(=O)Nc2cccc(O)c2)cnn1C. The Morgan fingerprint density at radius 2 is 2.33 bits per heavy atom. The minimum absolute atomic E-state index is 0.0596. The van der Waals surface area contributed by atoms with E-state index in [-0.39, 0.29) is 5.75 Å². The second-order valence-corrected chi connectivity index (χ2v) is 4.80. The zero-order valence-corrected chi connectivity index (χ0v) is 11.9. The van der Waals surface area contributed by atoms with Crippen LogP contribution in [0, 0.1) is 24.2 Å². The van der Waals surface area contributed by atoms with Gasteiger partial charge in [0, 0.05) is 30.9 Å². The number of rotatable bonds is 4. The zero-order valence-electron chi connectivity index (χ0n) is 11.9. The summed E-state index contributed by atoms with van der Waals surface area (Å²) in [5.74, 6) is -1.15. The molecular weight excluding hydrogens is 268 g/mol. The van der Waals surface area contributed by atoms with E-state index in [1.807, 2.05) is 20.0 Å². The molecule has 0 aliphatic heterocycles. The maximum atomic E-state index is 12.1. The molecule has 6 heteroatoms. The highest BCUT2D eigenvalue weighted by atomic mass is 16.3. The van der Waals surface area contributed by atoms with Crippen LogP contribution in [0.15, 0.2) is 30.5 Å². The van der Waals surface area contributed by atoms with E-state index in [2.05, 4.69) is 10.4 Å². The molecular formula is C15H16N4O2. The fourth-order valence-corrected chi connectivity index (χ4v) is 1.97. The van der Waals surface area contributed by atoms with E-state index in [1.54, 1.807) is 23.0 Å². The highest BCUT2D eigenvalue weighted by Crippen LogP contribution is 2.18. The Kier molecular flexibility index (Phi) is 4.24. The largest absolute Gasteiger partial charge is 0.508 e. The Bertz CT molecular complexity index is 700. The second-order valence-electron chi connectivity index (χ2n) is 4.80. The van der Waals surface area contributed by atoms with Crippen molar-refractivity contribution in [2.45, 2.75) is 13.3 Å². The number of amides is 1. The first-order valence-electron chi connectivity index (χ1n) is 6.48. The normalized spacial score (nSPS) is 11.7. The van der Waals surface area contributed by atoms with E-state index in [0.29, 0.717) is 12.1 Å². The molecule has 0 saturated carbocycles. The molecule has 0 bridgehead atoms. The lowest BCUT2D eigenvalue weighted by Crippen LogP contribution is -2.23. The van der Waals surface area contributed by atoms with Gasteiger partial charge in [-0.15, -0.1) is 0 Å². The summed E-state index contributed by atoms with van der Waals surface area (Å²) in [7, 11) is 1.81. The molecule has 1 atom stereocenters. The lowest BCUT2D eigenvalue weighted by Gasteiger charge is -2.10. The summed E-state index contributed by atoms with van der Waals surface area (Å²) in [4.78, 5) is 12.1. The molecule has 1 heterocycles. The van der Waals surface area contributed by atoms with Crippen LogP contribution in [0.5, 0.6) is 5.75 Å². The van der Waals surface area contributed by atoms with Crippen molar-refractivity contribution in [1.82, 2.24) is 9.78 Å². The van der Waals surface area contributed by atoms with Crippen molar-refractivity contribution in [3.63, 3.8) is 0 Å². The molecule has 2 N–H and O–H groups in total. The monoisotopic (exact) mass is 284 g/mol. The molecule has 0 radical (unpaired) electrons. The lowest BCUT2D eigenvalue weighted by molar-refractivity contribution is -0.118. The summed E-state index contributed by atoms with van der Waals surface area (Å²) in [6, 6.07) is 8.23. The first-order valence-corrected chi connectivity index (χ1v) is 6.48. The van der Waals surface area contributed by atoms with Crippen molar-refractivity contribution in [1.29, 1.82) is 5.26 Å². The third-order valence-corrected chi connectivity index (χ3v) is 3.35. The molecule has 0 unspecified atom stereocenters.